The second-order valence-electron chi connectivity index (χ2n) is 1.80. The summed E-state index contributed by atoms with van der Waals surface area (Å²) in [7, 11) is 0. The summed E-state index contributed by atoms with van der Waals surface area (Å²) in [4.78, 5) is 6.78. The van der Waals surface area contributed by atoms with Crippen LogP contribution in [0.25, 0.3) is 11.0 Å². The topological polar surface area (TPSA) is 54.5 Å². The Kier molecular flexibility index (Phi) is 1.07. The van der Waals surface area contributed by atoms with E-state index in [4.69, 9.17) is 11.6 Å². The number of nitrogens with one attached hydrogen (secondary N) is 1. The van der Waals surface area contributed by atoms with Crippen LogP contribution in [0.15, 0.2) is 12.5 Å². The number of rotatable bonds is 0. The molecule has 0 bridgehead atoms. The van der Waals surface area contributed by atoms with E-state index in [0.29, 0.717) is 5.15 Å². The number of hydrogen-bond donors (Lipinski definition) is 1. The van der Waals surface area contributed by atoms with E-state index >= 15 is 0 Å². The van der Waals surface area contributed by atoms with Crippen LogP contribution in [0.2, 0.25) is 5.15 Å². The molecular formula is C5H3ClN4. The van der Waals surface area contributed by atoms with E-state index in [0.717, 1.165) is 11.0 Å². The van der Waals surface area contributed by atoms with Crippen molar-refractivity contribution in [3.63, 3.8) is 0 Å². The first-order chi connectivity index (χ1) is 4.88. The van der Waals surface area contributed by atoms with Gasteiger partial charge in [0.15, 0.2) is 5.15 Å². The molecule has 0 saturated heterocycles. The van der Waals surface area contributed by atoms with E-state index in [9.17, 15) is 0 Å². The molecule has 4 nitrogen and oxygen atoms in total. The van der Waals surface area contributed by atoms with E-state index in [1.54, 1.807) is 12.5 Å². The highest BCUT2D eigenvalue weighted by molar-refractivity contribution is 6.33. The normalized spacial score (nSPS) is 10.5. The van der Waals surface area contributed by atoms with Crippen LogP contribution in [0.4, 0.5) is 0 Å². The van der Waals surface area contributed by atoms with Crippen LogP contribution in [-0.2, 0) is 0 Å². The quantitative estimate of drug-likeness (QED) is 0.616. The lowest BCUT2D eigenvalue weighted by Gasteiger charge is -1.86. The van der Waals surface area contributed by atoms with Crippen molar-refractivity contribution in [2.24, 2.45) is 0 Å². The highest BCUT2D eigenvalue weighted by Gasteiger charge is 2.00. The molecule has 0 aliphatic carbocycles. The van der Waals surface area contributed by atoms with E-state index in [1.807, 2.05) is 0 Å². The number of halogens is 1. The van der Waals surface area contributed by atoms with Crippen LogP contribution in [-0.4, -0.2) is 20.2 Å². The fourth-order valence-electron chi connectivity index (χ4n) is 0.752. The molecule has 0 aliphatic heterocycles. The Labute approximate surface area is 61.3 Å². The second kappa shape index (κ2) is 1.91. The van der Waals surface area contributed by atoms with Crippen molar-refractivity contribution in [1.29, 1.82) is 0 Å². The van der Waals surface area contributed by atoms with Crippen LogP contribution >= 0.6 is 11.6 Å². The third-order valence-electron chi connectivity index (χ3n) is 1.20. The Morgan fingerprint density at radius 2 is 2.40 bits per heavy atom. The van der Waals surface area contributed by atoms with Crippen molar-refractivity contribution in [1.82, 2.24) is 20.2 Å². The van der Waals surface area contributed by atoms with Crippen LogP contribution in [0.3, 0.4) is 0 Å². The summed E-state index contributed by atoms with van der Waals surface area (Å²) in [6.45, 7) is 0. The molecular weight excluding hydrogens is 152 g/mol. The zero-order chi connectivity index (χ0) is 6.97. The predicted octanol–water partition coefficient (Wildman–Crippen LogP) is 1.01. The van der Waals surface area contributed by atoms with Gasteiger partial charge >= 0.3 is 0 Å². The van der Waals surface area contributed by atoms with Gasteiger partial charge in [0.25, 0.3) is 0 Å². The van der Waals surface area contributed by atoms with Gasteiger partial charge in [-0.2, -0.15) is 5.10 Å². The SMILES string of the molecule is Clc1nncc2nc[nH]c12. The van der Waals surface area contributed by atoms with Crippen molar-refractivity contribution in [2.45, 2.75) is 0 Å². The summed E-state index contributed by atoms with van der Waals surface area (Å²) in [5.74, 6) is 0. The number of imidazole rings is 1. The molecule has 10 heavy (non-hydrogen) atoms. The fourth-order valence-corrected chi connectivity index (χ4v) is 0.947. The Bertz CT molecular complexity index is 355. The molecule has 2 aromatic rings. The molecule has 50 valence electrons. The predicted molar refractivity (Wildman–Crippen MR) is 36.7 cm³/mol. The molecule has 0 atom stereocenters. The van der Waals surface area contributed by atoms with Gasteiger partial charge in [-0.3, -0.25) is 0 Å². The van der Waals surface area contributed by atoms with Crippen molar-refractivity contribution < 1.29 is 0 Å². The first-order valence-electron chi connectivity index (χ1n) is 2.68. The lowest BCUT2D eigenvalue weighted by atomic mass is 10.5. The van der Waals surface area contributed by atoms with Crippen molar-refractivity contribution in [3.8, 4) is 0 Å². The highest BCUT2D eigenvalue weighted by atomic mass is 35.5. The highest BCUT2D eigenvalue weighted by Crippen LogP contribution is 2.14. The molecule has 0 amide bonds. The molecule has 0 spiro atoms. The van der Waals surface area contributed by atoms with Gasteiger partial charge in [-0.25, -0.2) is 4.98 Å². The summed E-state index contributed by atoms with van der Waals surface area (Å²) in [6.07, 6.45) is 3.11. The summed E-state index contributed by atoms with van der Waals surface area (Å²) in [5.41, 5.74) is 1.47. The zero-order valence-corrected chi connectivity index (χ0v) is 5.63. The fraction of sp³-hybridized carbons (Fsp3) is 0. The zero-order valence-electron chi connectivity index (χ0n) is 4.87. The molecule has 0 radical (unpaired) electrons. The molecule has 2 heterocycles. The van der Waals surface area contributed by atoms with Crippen molar-refractivity contribution in [3.05, 3.63) is 17.7 Å². The Hall–Kier alpha value is -1.16. The van der Waals surface area contributed by atoms with Gasteiger partial charge in [0.05, 0.1) is 12.5 Å². The van der Waals surface area contributed by atoms with Gasteiger partial charge in [0.2, 0.25) is 0 Å². The third kappa shape index (κ3) is 0.657. The third-order valence-corrected chi connectivity index (χ3v) is 1.47. The number of H-pyrrole nitrogens is 1. The van der Waals surface area contributed by atoms with Gasteiger partial charge in [-0.1, -0.05) is 11.6 Å². The second-order valence-corrected chi connectivity index (χ2v) is 2.16. The van der Waals surface area contributed by atoms with Gasteiger partial charge in [0, 0.05) is 0 Å². The van der Waals surface area contributed by atoms with Crippen LogP contribution < -0.4 is 0 Å². The first-order valence-corrected chi connectivity index (χ1v) is 3.06. The molecule has 2 rings (SSSR count). The maximum absolute atomic E-state index is 5.65. The number of hydrogen-bond acceptors (Lipinski definition) is 3. The molecule has 0 aromatic carbocycles. The number of aromatic amines is 1. The lowest BCUT2D eigenvalue weighted by Crippen LogP contribution is -1.81. The smallest absolute Gasteiger partial charge is 0.177 e. The average molecular weight is 155 g/mol. The summed E-state index contributed by atoms with van der Waals surface area (Å²) >= 11 is 5.65. The largest absolute Gasteiger partial charge is 0.342 e. The summed E-state index contributed by atoms with van der Waals surface area (Å²) in [5, 5.41) is 7.60. The molecule has 0 unspecified atom stereocenters. The summed E-state index contributed by atoms with van der Waals surface area (Å²) < 4.78 is 0. The van der Waals surface area contributed by atoms with Crippen LogP contribution in [0.1, 0.15) is 0 Å². The monoisotopic (exact) mass is 154 g/mol. The molecule has 2 aromatic heterocycles. The van der Waals surface area contributed by atoms with Crippen molar-refractivity contribution >= 4 is 22.6 Å². The molecule has 0 fully saturated rings. The van der Waals surface area contributed by atoms with Crippen LogP contribution in [0, 0.1) is 0 Å². The summed E-state index contributed by atoms with van der Waals surface area (Å²) in [6, 6.07) is 0. The van der Waals surface area contributed by atoms with Gasteiger partial charge in [0.1, 0.15) is 11.0 Å². The first kappa shape index (κ1) is 5.61. The standard InChI is InChI=1S/C5H3ClN4/c6-5-4-3(1-9-10-5)7-2-8-4/h1-2H,(H,7,8). The van der Waals surface area contributed by atoms with E-state index in [-0.39, 0.29) is 0 Å². The Balaban J connectivity index is 2.95. The van der Waals surface area contributed by atoms with E-state index < -0.39 is 0 Å². The van der Waals surface area contributed by atoms with Crippen LogP contribution in [0.5, 0.6) is 0 Å². The lowest BCUT2D eigenvalue weighted by molar-refractivity contribution is 1.05. The minimum atomic E-state index is 0.356. The van der Waals surface area contributed by atoms with Gasteiger partial charge < -0.3 is 4.98 Å². The van der Waals surface area contributed by atoms with E-state index in [1.165, 1.54) is 0 Å². The molecule has 5 heteroatoms. The molecule has 1 N–H and O–H groups in total. The van der Waals surface area contributed by atoms with Crippen molar-refractivity contribution in [2.75, 3.05) is 0 Å². The maximum atomic E-state index is 5.65. The van der Waals surface area contributed by atoms with Gasteiger partial charge in [-0.15, -0.1) is 5.10 Å². The minimum Gasteiger partial charge on any atom is -0.342 e. The Morgan fingerprint density at radius 3 is 3.20 bits per heavy atom. The average Bonchev–Trinajstić information content (AvgIpc) is 2.36. The minimum absolute atomic E-state index is 0.356. The number of fused-ring (bicyclic) bond motifs is 1. The maximum Gasteiger partial charge on any atom is 0.177 e. The number of aromatic nitrogens is 4. The molecule has 0 saturated carbocycles. The van der Waals surface area contributed by atoms with E-state index in [2.05, 4.69) is 20.2 Å². The van der Waals surface area contributed by atoms with Gasteiger partial charge in [-0.05, 0) is 0 Å². The Morgan fingerprint density at radius 1 is 1.50 bits per heavy atom. The number of nitrogens with zero attached hydrogens (tertiary/aromatic N) is 3. The molecule has 0 aliphatic rings.